The van der Waals surface area contributed by atoms with Crippen LogP contribution in [0.2, 0.25) is 0 Å². The van der Waals surface area contributed by atoms with Crippen molar-refractivity contribution in [2.24, 2.45) is 0 Å². The molecule has 0 saturated carbocycles. The van der Waals surface area contributed by atoms with Crippen LogP contribution >= 0.6 is 7.82 Å². The Labute approximate surface area is 323 Å². The van der Waals surface area contributed by atoms with E-state index in [0.29, 0.717) is 23.9 Å². The zero-order valence-electron chi connectivity index (χ0n) is 35.3. The number of rotatable bonds is 41. The largest absolute Gasteiger partial charge is 0.472 e. The van der Waals surface area contributed by atoms with Gasteiger partial charge in [-0.25, -0.2) is 4.57 Å². The predicted molar refractivity (Wildman–Crippen MR) is 222 cm³/mol. The maximum absolute atomic E-state index is 12.4. The van der Waals surface area contributed by atoms with Crippen molar-refractivity contribution >= 4 is 13.7 Å². The molecular weight excluding hydrogens is 671 g/mol. The summed E-state index contributed by atoms with van der Waals surface area (Å²) in [5, 5.41) is 13.7. The third-order valence-corrected chi connectivity index (χ3v) is 11.3. The number of carbonyl (C=O) groups excluding carboxylic acids is 1. The number of carbonyl (C=O) groups is 1. The van der Waals surface area contributed by atoms with Gasteiger partial charge in [0.1, 0.15) is 13.2 Å². The van der Waals surface area contributed by atoms with Crippen LogP contribution in [0.4, 0.5) is 0 Å². The molecule has 0 aliphatic rings. The van der Waals surface area contributed by atoms with Gasteiger partial charge in [0, 0.05) is 6.42 Å². The molecule has 0 fully saturated rings. The van der Waals surface area contributed by atoms with E-state index in [0.717, 1.165) is 32.1 Å². The molecule has 3 atom stereocenters. The van der Waals surface area contributed by atoms with E-state index >= 15 is 0 Å². The molecule has 0 bridgehead atoms. The van der Waals surface area contributed by atoms with Crippen LogP contribution in [-0.2, 0) is 18.4 Å². The molecule has 312 valence electrons. The predicted octanol–water partition coefficient (Wildman–Crippen LogP) is 12.2. The Morgan fingerprint density at radius 2 is 0.923 bits per heavy atom. The average Bonchev–Trinajstić information content (AvgIpc) is 3.09. The quantitative estimate of drug-likeness (QED) is 0.0325. The molecule has 0 aliphatic heterocycles. The molecule has 1 amide bonds. The van der Waals surface area contributed by atoms with Crippen LogP contribution in [0.25, 0.3) is 0 Å². The monoisotopic (exact) mass is 762 g/mol. The summed E-state index contributed by atoms with van der Waals surface area (Å²) >= 11 is 0. The molecule has 3 N–H and O–H groups in total. The van der Waals surface area contributed by atoms with Crippen molar-refractivity contribution in [3.63, 3.8) is 0 Å². The number of nitrogens with one attached hydrogen (secondary N) is 1. The Balaban J connectivity index is 3.75. The summed E-state index contributed by atoms with van der Waals surface area (Å²) in [6.07, 6.45) is 39.8. The molecule has 0 rings (SSSR count). The Morgan fingerprint density at radius 3 is 1.27 bits per heavy atom. The number of hydrogen-bond acceptors (Lipinski definition) is 5. The van der Waals surface area contributed by atoms with Crippen molar-refractivity contribution in [3.8, 4) is 0 Å². The molecule has 0 spiro atoms. The van der Waals surface area contributed by atoms with E-state index in [1.54, 1.807) is 0 Å². The van der Waals surface area contributed by atoms with Crippen LogP contribution in [0.15, 0.2) is 0 Å². The number of aliphatic hydroxyl groups excluding tert-OH is 1. The van der Waals surface area contributed by atoms with E-state index in [1.165, 1.54) is 161 Å². The van der Waals surface area contributed by atoms with Crippen molar-refractivity contribution in [1.82, 2.24) is 5.32 Å². The highest BCUT2D eigenvalue weighted by atomic mass is 31.2. The Hall–Kier alpha value is -0.500. The lowest BCUT2D eigenvalue weighted by molar-refractivity contribution is -0.870. The van der Waals surface area contributed by atoms with Crippen molar-refractivity contribution in [3.05, 3.63) is 0 Å². The van der Waals surface area contributed by atoms with Crippen LogP contribution in [-0.4, -0.2) is 73.4 Å². The summed E-state index contributed by atoms with van der Waals surface area (Å²) in [6.45, 7) is 4.67. The minimum absolute atomic E-state index is 0.0764. The van der Waals surface area contributed by atoms with Crippen LogP contribution in [0.1, 0.15) is 219 Å². The first kappa shape index (κ1) is 51.5. The molecule has 0 saturated heterocycles. The Bertz CT molecular complexity index is 824. The lowest BCUT2D eigenvalue weighted by atomic mass is 10.0. The summed E-state index contributed by atoms with van der Waals surface area (Å²) in [5.74, 6) is -0.177. The average molecular weight is 762 g/mol. The minimum atomic E-state index is -4.28. The molecule has 0 aromatic carbocycles. The van der Waals surface area contributed by atoms with Gasteiger partial charge in [-0.15, -0.1) is 0 Å². The third kappa shape index (κ3) is 37.8. The molecular formula is C43H90N2O6P+. The number of nitrogens with zero attached hydrogens (tertiary/aromatic N) is 1. The Morgan fingerprint density at radius 1 is 0.577 bits per heavy atom. The topological polar surface area (TPSA) is 105 Å². The zero-order chi connectivity index (χ0) is 38.6. The lowest BCUT2D eigenvalue weighted by Gasteiger charge is -2.26. The smallest absolute Gasteiger partial charge is 0.391 e. The van der Waals surface area contributed by atoms with Crippen molar-refractivity contribution in [2.45, 2.75) is 231 Å². The van der Waals surface area contributed by atoms with E-state index < -0.39 is 20.0 Å². The van der Waals surface area contributed by atoms with Crippen molar-refractivity contribution in [2.75, 3.05) is 40.9 Å². The van der Waals surface area contributed by atoms with Gasteiger partial charge in [-0.05, 0) is 12.8 Å². The molecule has 9 heteroatoms. The second-order valence-corrected chi connectivity index (χ2v) is 18.2. The fourth-order valence-corrected chi connectivity index (χ4v) is 7.47. The summed E-state index contributed by atoms with van der Waals surface area (Å²) < 4.78 is 23.3. The minimum Gasteiger partial charge on any atom is -0.391 e. The molecule has 0 radical (unpaired) electrons. The van der Waals surface area contributed by atoms with Gasteiger partial charge in [0.25, 0.3) is 0 Å². The standard InChI is InChI=1S/C43H89N2O6P/c1-6-8-10-11-12-13-14-15-16-17-18-19-20-21-22-23-24-25-26-27-28-29-30-31-32-33-34-35-36-42(46)41(44-43(47)37-9-7-2)40-51-52(48,49)50-39-38-45(3,4)5/h41-42,46H,6-40H2,1-5H3,(H-,44,47,48,49)/p+1. The number of likely N-dealkylation sites (N-methyl/N-ethyl adjacent to an activating group) is 1. The molecule has 0 heterocycles. The first-order chi connectivity index (χ1) is 25.0. The van der Waals surface area contributed by atoms with E-state index in [9.17, 15) is 19.4 Å². The van der Waals surface area contributed by atoms with Gasteiger partial charge in [0.15, 0.2) is 0 Å². The van der Waals surface area contributed by atoms with Gasteiger partial charge >= 0.3 is 7.82 Å². The molecule has 0 aromatic rings. The summed E-state index contributed by atoms with van der Waals surface area (Å²) in [5.41, 5.74) is 0. The van der Waals surface area contributed by atoms with E-state index in [4.69, 9.17) is 9.05 Å². The molecule has 0 aromatic heterocycles. The van der Waals surface area contributed by atoms with Gasteiger partial charge in [0.05, 0.1) is 39.9 Å². The second kappa shape index (κ2) is 36.2. The van der Waals surface area contributed by atoms with Crippen molar-refractivity contribution in [1.29, 1.82) is 0 Å². The molecule has 3 unspecified atom stereocenters. The van der Waals surface area contributed by atoms with Gasteiger partial charge in [-0.1, -0.05) is 200 Å². The third-order valence-electron chi connectivity index (χ3n) is 10.4. The van der Waals surface area contributed by atoms with E-state index in [1.807, 2.05) is 28.1 Å². The maximum Gasteiger partial charge on any atom is 0.472 e. The van der Waals surface area contributed by atoms with Gasteiger partial charge in [-0.2, -0.15) is 0 Å². The Kier molecular flexibility index (Phi) is 35.8. The summed E-state index contributed by atoms with van der Waals surface area (Å²) in [6, 6.07) is -0.749. The van der Waals surface area contributed by atoms with E-state index in [-0.39, 0.29) is 19.1 Å². The normalized spacial score (nSPS) is 14.4. The van der Waals surface area contributed by atoms with E-state index in [2.05, 4.69) is 12.2 Å². The van der Waals surface area contributed by atoms with Crippen LogP contribution in [0.3, 0.4) is 0 Å². The fraction of sp³-hybridized carbons (Fsp3) is 0.977. The second-order valence-electron chi connectivity index (χ2n) is 16.8. The number of hydrogen-bond donors (Lipinski definition) is 3. The summed E-state index contributed by atoms with van der Waals surface area (Å²) in [7, 11) is 1.62. The number of aliphatic hydroxyl groups is 1. The first-order valence-electron chi connectivity index (χ1n) is 22.4. The van der Waals surface area contributed by atoms with Crippen LogP contribution in [0, 0.1) is 0 Å². The van der Waals surface area contributed by atoms with Crippen molar-refractivity contribution < 1.29 is 32.9 Å². The number of phosphoric ester groups is 1. The number of unbranched alkanes of at least 4 members (excludes halogenated alkanes) is 28. The number of quaternary nitrogens is 1. The van der Waals surface area contributed by atoms with Crippen LogP contribution in [0.5, 0.6) is 0 Å². The van der Waals surface area contributed by atoms with Gasteiger partial charge < -0.3 is 19.8 Å². The lowest BCUT2D eigenvalue weighted by Crippen LogP contribution is -2.46. The first-order valence-corrected chi connectivity index (χ1v) is 23.9. The highest BCUT2D eigenvalue weighted by molar-refractivity contribution is 7.47. The fourth-order valence-electron chi connectivity index (χ4n) is 6.73. The molecule has 0 aliphatic carbocycles. The zero-order valence-corrected chi connectivity index (χ0v) is 36.2. The summed E-state index contributed by atoms with van der Waals surface area (Å²) in [4.78, 5) is 22.5. The van der Waals surface area contributed by atoms with Gasteiger partial charge in [0.2, 0.25) is 5.91 Å². The maximum atomic E-state index is 12.4. The highest BCUT2D eigenvalue weighted by Gasteiger charge is 2.28. The SMILES string of the molecule is CCCCCCCCCCCCCCCCCCCCCCCCCCCCCCC(O)C(COP(=O)(O)OCC[N+](C)(C)C)NC(=O)CCCC. The highest BCUT2D eigenvalue weighted by Crippen LogP contribution is 2.43. The van der Waals surface area contributed by atoms with Crippen LogP contribution < -0.4 is 5.32 Å². The number of phosphoric acid groups is 1. The molecule has 8 nitrogen and oxygen atoms in total. The molecule has 52 heavy (non-hydrogen) atoms. The number of amides is 1. The van der Waals surface area contributed by atoms with Gasteiger partial charge in [-0.3, -0.25) is 13.8 Å².